The lowest BCUT2D eigenvalue weighted by molar-refractivity contribution is -0.109. The van der Waals surface area contributed by atoms with Crippen molar-refractivity contribution in [3.63, 3.8) is 0 Å². The Morgan fingerprint density at radius 3 is 2.44 bits per heavy atom. The molecule has 0 radical (unpaired) electrons. The summed E-state index contributed by atoms with van der Waals surface area (Å²) >= 11 is 0. The molecule has 1 aliphatic heterocycles. The van der Waals surface area contributed by atoms with Crippen molar-refractivity contribution < 1.29 is 13.2 Å². The highest BCUT2D eigenvalue weighted by molar-refractivity contribution is 7.88. The van der Waals surface area contributed by atoms with E-state index in [0.717, 1.165) is 38.6 Å². The number of carbonyl (C=O) groups is 1. The Kier molecular flexibility index (Phi) is 6.20. The second-order valence-electron chi connectivity index (χ2n) is 4.88. The van der Waals surface area contributed by atoms with E-state index in [1.54, 1.807) is 0 Å². The third kappa shape index (κ3) is 5.90. The first-order chi connectivity index (χ1) is 8.42. The van der Waals surface area contributed by atoms with E-state index >= 15 is 0 Å². The summed E-state index contributed by atoms with van der Waals surface area (Å²) in [5.74, 6) is 0. The molecule has 0 bridgehead atoms. The lowest BCUT2D eigenvalue weighted by atomic mass is 10.1. The summed E-state index contributed by atoms with van der Waals surface area (Å²) in [5, 5.41) is 0. The van der Waals surface area contributed by atoms with Crippen LogP contribution in [0.1, 0.15) is 32.1 Å². The molecule has 18 heavy (non-hydrogen) atoms. The van der Waals surface area contributed by atoms with Gasteiger partial charge in [0.25, 0.3) is 0 Å². The molecule has 106 valence electrons. The molecule has 1 heterocycles. The molecule has 3 N–H and O–H groups in total. The largest absolute Gasteiger partial charge is 0.322 e. The van der Waals surface area contributed by atoms with E-state index in [-0.39, 0.29) is 6.17 Å². The summed E-state index contributed by atoms with van der Waals surface area (Å²) < 4.78 is 25.3. The van der Waals surface area contributed by atoms with Crippen LogP contribution in [0.15, 0.2) is 0 Å². The molecule has 0 aromatic carbocycles. The van der Waals surface area contributed by atoms with Gasteiger partial charge in [-0.15, -0.1) is 0 Å². The van der Waals surface area contributed by atoms with E-state index in [9.17, 15) is 13.2 Å². The number of rotatable bonds is 8. The Morgan fingerprint density at radius 2 is 1.94 bits per heavy atom. The van der Waals surface area contributed by atoms with E-state index in [1.165, 1.54) is 6.26 Å². The SMILES string of the molecule is CS(=O)(=O)NC(CCCC(N)C=O)N1CCCC1. The van der Waals surface area contributed by atoms with E-state index in [0.29, 0.717) is 12.8 Å². The molecular formula is C11H23N3O3S. The number of nitrogens with zero attached hydrogens (tertiary/aromatic N) is 1. The van der Waals surface area contributed by atoms with Crippen molar-refractivity contribution in [2.24, 2.45) is 5.73 Å². The zero-order valence-electron chi connectivity index (χ0n) is 10.8. The quantitative estimate of drug-likeness (QED) is 0.592. The number of hydrogen-bond acceptors (Lipinski definition) is 5. The first-order valence-electron chi connectivity index (χ1n) is 6.34. The van der Waals surface area contributed by atoms with Crippen LogP contribution in [0.2, 0.25) is 0 Å². The minimum absolute atomic E-state index is 0.165. The number of likely N-dealkylation sites (tertiary alicyclic amines) is 1. The van der Waals surface area contributed by atoms with Gasteiger partial charge in [0.2, 0.25) is 10.0 Å². The zero-order chi connectivity index (χ0) is 13.6. The van der Waals surface area contributed by atoms with Crippen LogP contribution in [0.5, 0.6) is 0 Å². The first-order valence-corrected chi connectivity index (χ1v) is 8.24. The molecule has 2 atom stereocenters. The average molecular weight is 277 g/mol. The Balaban J connectivity index is 2.46. The van der Waals surface area contributed by atoms with Crippen LogP contribution in [0.4, 0.5) is 0 Å². The van der Waals surface area contributed by atoms with Crippen molar-refractivity contribution >= 4 is 16.3 Å². The molecule has 2 unspecified atom stereocenters. The monoisotopic (exact) mass is 277 g/mol. The molecule has 0 spiro atoms. The van der Waals surface area contributed by atoms with Crippen molar-refractivity contribution in [2.75, 3.05) is 19.3 Å². The number of nitrogens with two attached hydrogens (primary N) is 1. The van der Waals surface area contributed by atoms with Gasteiger partial charge in [0.1, 0.15) is 6.29 Å². The molecule has 7 heteroatoms. The fourth-order valence-electron chi connectivity index (χ4n) is 2.23. The lowest BCUT2D eigenvalue weighted by Gasteiger charge is -2.27. The molecule has 0 aromatic heterocycles. The van der Waals surface area contributed by atoms with Gasteiger partial charge in [0.05, 0.1) is 18.5 Å². The first kappa shape index (κ1) is 15.6. The van der Waals surface area contributed by atoms with Gasteiger partial charge in [-0.25, -0.2) is 8.42 Å². The van der Waals surface area contributed by atoms with Crippen LogP contribution in [-0.2, 0) is 14.8 Å². The van der Waals surface area contributed by atoms with Crippen LogP contribution in [0.25, 0.3) is 0 Å². The van der Waals surface area contributed by atoms with E-state index in [1.807, 2.05) is 0 Å². The molecule has 0 aromatic rings. The number of nitrogens with one attached hydrogen (secondary N) is 1. The molecule has 1 saturated heterocycles. The third-order valence-corrected chi connectivity index (χ3v) is 3.82. The Hall–Kier alpha value is -0.500. The second kappa shape index (κ2) is 7.18. The van der Waals surface area contributed by atoms with E-state index in [4.69, 9.17) is 5.73 Å². The van der Waals surface area contributed by atoms with Crippen molar-refractivity contribution in [2.45, 2.75) is 44.3 Å². The number of sulfonamides is 1. The minimum atomic E-state index is -3.21. The normalized spacial score (nSPS) is 20.8. The van der Waals surface area contributed by atoms with Gasteiger partial charge in [0, 0.05) is 0 Å². The van der Waals surface area contributed by atoms with E-state index < -0.39 is 16.1 Å². The predicted molar refractivity (Wildman–Crippen MR) is 70.5 cm³/mol. The molecule has 6 nitrogen and oxygen atoms in total. The summed E-state index contributed by atoms with van der Waals surface area (Å²) in [7, 11) is -3.21. The van der Waals surface area contributed by atoms with Gasteiger partial charge in [-0.3, -0.25) is 4.90 Å². The summed E-state index contributed by atoms with van der Waals surface area (Å²) in [6.45, 7) is 1.85. The van der Waals surface area contributed by atoms with Crippen LogP contribution in [0.3, 0.4) is 0 Å². The van der Waals surface area contributed by atoms with Crippen LogP contribution >= 0.6 is 0 Å². The Labute approximate surface area is 109 Å². The summed E-state index contributed by atoms with van der Waals surface area (Å²) in [6, 6.07) is -0.442. The van der Waals surface area contributed by atoms with Crippen molar-refractivity contribution in [1.29, 1.82) is 0 Å². The maximum Gasteiger partial charge on any atom is 0.210 e. The van der Waals surface area contributed by atoms with Gasteiger partial charge >= 0.3 is 0 Å². The summed E-state index contributed by atoms with van der Waals surface area (Å²) in [5.41, 5.74) is 5.52. The molecule has 1 rings (SSSR count). The van der Waals surface area contributed by atoms with Gasteiger partial charge in [-0.1, -0.05) is 0 Å². The molecule has 0 saturated carbocycles. The number of aldehydes is 1. The summed E-state index contributed by atoms with van der Waals surface area (Å²) in [6.07, 6.45) is 5.98. The average Bonchev–Trinajstić information content (AvgIpc) is 2.79. The highest BCUT2D eigenvalue weighted by Gasteiger charge is 2.24. The van der Waals surface area contributed by atoms with Gasteiger partial charge < -0.3 is 10.5 Å². The predicted octanol–water partition coefficient (Wildman–Crippen LogP) is -0.346. The highest BCUT2D eigenvalue weighted by atomic mass is 32.2. The fraction of sp³-hybridized carbons (Fsp3) is 0.909. The second-order valence-corrected chi connectivity index (χ2v) is 6.66. The van der Waals surface area contributed by atoms with Crippen molar-refractivity contribution in [3.05, 3.63) is 0 Å². The molecule has 0 amide bonds. The number of carbonyl (C=O) groups excluding carboxylic acids is 1. The maximum absolute atomic E-state index is 11.3. The lowest BCUT2D eigenvalue weighted by Crippen LogP contribution is -2.46. The third-order valence-electron chi connectivity index (χ3n) is 3.12. The van der Waals surface area contributed by atoms with Gasteiger partial charge in [0.15, 0.2) is 0 Å². The summed E-state index contributed by atoms with van der Waals surface area (Å²) in [4.78, 5) is 12.6. The van der Waals surface area contributed by atoms with Crippen molar-refractivity contribution in [1.82, 2.24) is 9.62 Å². The van der Waals surface area contributed by atoms with Gasteiger partial charge in [-0.2, -0.15) is 4.72 Å². The van der Waals surface area contributed by atoms with E-state index in [2.05, 4.69) is 9.62 Å². The smallest absolute Gasteiger partial charge is 0.210 e. The fourth-order valence-corrected chi connectivity index (χ4v) is 2.99. The zero-order valence-corrected chi connectivity index (χ0v) is 11.7. The Morgan fingerprint density at radius 1 is 1.33 bits per heavy atom. The van der Waals surface area contributed by atoms with Crippen molar-refractivity contribution in [3.8, 4) is 0 Å². The maximum atomic E-state index is 11.3. The van der Waals surface area contributed by atoms with Crippen LogP contribution < -0.4 is 10.5 Å². The van der Waals surface area contributed by atoms with Crippen LogP contribution in [0, 0.1) is 0 Å². The number of hydrogen-bond donors (Lipinski definition) is 2. The molecule has 1 aliphatic rings. The standard InChI is InChI=1S/C11H23N3O3S/c1-18(16,17)13-11(14-7-2-3-8-14)6-4-5-10(12)9-15/h9-11,13H,2-8,12H2,1H3. The topological polar surface area (TPSA) is 92.5 Å². The molecule has 0 aliphatic carbocycles. The Bertz CT molecular complexity index is 353. The molecule has 1 fully saturated rings. The highest BCUT2D eigenvalue weighted by Crippen LogP contribution is 2.15. The van der Waals surface area contributed by atoms with Crippen LogP contribution in [-0.4, -0.2) is 51.2 Å². The molecular weight excluding hydrogens is 254 g/mol. The minimum Gasteiger partial charge on any atom is -0.322 e. The van der Waals surface area contributed by atoms with Gasteiger partial charge in [-0.05, 0) is 45.2 Å².